The van der Waals surface area contributed by atoms with Gasteiger partial charge in [0.25, 0.3) is 15.7 Å². The van der Waals surface area contributed by atoms with Gasteiger partial charge < -0.3 is 9.64 Å². The zero-order chi connectivity index (χ0) is 19.8. The first kappa shape index (κ1) is 18.6. The number of non-ortho nitro benzene ring substituents is 1. The molecule has 0 unspecified atom stereocenters. The van der Waals surface area contributed by atoms with E-state index in [1.807, 2.05) is 0 Å². The molecule has 0 radical (unpaired) electrons. The number of methoxy groups -OCH3 is 1. The summed E-state index contributed by atoms with van der Waals surface area (Å²) in [5, 5.41) is 11.0. The number of carbonyl (C=O) groups excluding carboxylic acids is 1. The van der Waals surface area contributed by atoms with Crippen molar-refractivity contribution in [1.29, 1.82) is 0 Å². The second kappa shape index (κ2) is 6.88. The van der Waals surface area contributed by atoms with Crippen LogP contribution in [0.3, 0.4) is 0 Å². The van der Waals surface area contributed by atoms with Crippen LogP contribution in [0.5, 0.6) is 5.75 Å². The van der Waals surface area contributed by atoms with E-state index in [9.17, 15) is 23.3 Å². The third kappa shape index (κ3) is 3.56. The first-order chi connectivity index (χ1) is 12.7. The second-order valence-electron chi connectivity index (χ2n) is 5.96. The second-order valence-corrected chi connectivity index (χ2v) is 7.64. The van der Waals surface area contributed by atoms with Crippen molar-refractivity contribution < 1.29 is 22.9 Å². The van der Waals surface area contributed by atoms with Crippen LogP contribution in [-0.4, -0.2) is 32.9 Å². The normalized spacial score (nSPS) is 13.2. The highest BCUT2D eigenvalue weighted by Crippen LogP contribution is 2.33. The first-order valence-corrected chi connectivity index (χ1v) is 9.47. The summed E-state index contributed by atoms with van der Waals surface area (Å²) < 4.78 is 32.9. The first-order valence-electron chi connectivity index (χ1n) is 7.99. The molecule has 0 aliphatic carbocycles. The van der Waals surface area contributed by atoms with Crippen LogP contribution < -0.4 is 14.4 Å². The summed E-state index contributed by atoms with van der Waals surface area (Å²) in [5.74, 6) is 0.0527. The third-order valence-electron chi connectivity index (χ3n) is 4.28. The SMILES string of the molecule is COc1ccc([N+](=O)[O-])cc1NS(=O)(=O)c1ccc2c(c1)CCN2C(C)=O. The number of nitrogens with one attached hydrogen (secondary N) is 1. The molecular weight excluding hydrogens is 374 g/mol. The number of nitrogens with zero attached hydrogens (tertiary/aromatic N) is 2. The van der Waals surface area contributed by atoms with Gasteiger partial charge in [-0.15, -0.1) is 0 Å². The summed E-state index contributed by atoms with van der Waals surface area (Å²) in [5.41, 5.74) is 1.14. The van der Waals surface area contributed by atoms with Crippen molar-refractivity contribution in [1.82, 2.24) is 0 Å². The van der Waals surface area contributed by atoms with E-state index in [1.54, 1.807) is 11.0 Å². The Kier molecular flexibility index (Phi) is 4.75. The highest BCUT2D eigenvalue weighted by molar-refractivity contribution is 7.92. The molecule has 1 amide bonds. The van der Waals surface area contributed by atoms with E-state index in [0.717, 1.165) is 11.6 Å². The molecule has 0 spiro atoms. The summed E-state index contributed by atoms with van der Waals surface area (Å²) in [6.07, 6.45) is 0.554. The number of ether oxygens (including phenoxy) is 1. The molecule has 0 aromatic heterocycles. The lowest BCUT2D eigenvalue weighted by Crippen LogP contribution is -2.25. The monoisotopic (exact) mass is 391 g/mol. The van der Waals surface area contributed by atoms with Crippen LogP contribution in [0.4, 0.5) is 17.1 Å². The van der Waals surface area contributed by atoms with Gasteiger partial charge in [0.05, 0.1) is 22.6 Å². The number of nitro benzene ring substituents is 1. The van der Waals surface area contributed by atoms with Gasteiger partial charge in [-0.1, -0.05) is 0 Å². The molecule has 0 atom stereocenters. The molecule has 0 bridgehead atoms. The van der Waals surface area contributed by atoms with Crippen LogP contribution in [0.15, 0.2) is 41.3 Å². The average Bonchev–Trinajstić information content (AvgIpc) is 3.04. The maximum atomic E-state index is 12.7. The van der Waals surface area contributed by atoms with Crippen LogP contribution in [0.2, 0.25) is 0 Å². The number of fused-ring (bicyclic) bond motifs is 1. The van der Waals surface area contributed by atoms with Crippen molar-refractivity contribution in [2.75, 3.05) is 23.3 Å². The van der Waals surface area contributed by atoms with E-state index in [-0.39, 0.29) is 27.9 Å². The summed E-state index contributed by atoms with van der Waals surface area (Å²) >= 11 is 0. The molecule has 0 saturated carbocycles. The molecule has 27 heavy (non-hydrogen) atoms. The van der Waals surface area contributed by atoms with Gasteiger partial charge in [-0.05, 0) is 36.2 Å². The zero-order valence-corrected chi connectivity index (χ0v) is 15.4. The minimum Gasteiger partial charge on any atom is -0.495 e. The molecule has 3 rings (SSSR count). The lowest BCUT2D eigenvalue weighted by Gasteiger charge is -2.15. The summed E-state index contributed by atoms with van der Waals surface area (Å²) in [6, 6.07) is 8.13. The number of hydrogen-bond donors (Lipinski definition) is 1. The molecule has 0 saturated heterocycles. The van der Waals surface area contributed by atoms with E-state index >= 15 is 0 Å². The molecule has 0 fully saturated rings. The quantitative estimate of drug-likeness (QED) is 0.617. The van der Waals surface area contributed by atoms with Crippen molar-refractivity contribution in [2.45, 2.75) is 18.2 Å². The highest BCUT2D eigenvalue weighted by Gasteiger charge is 2.25. The van der Waals surface area contributed by atoms with Crippen molar-refractivity contribution in [3.8, 4) is 5.75 Å². The number of carbonyl (C=O) groups is 1. The standard InChI is InChI=1S/C17H17N3O6S/c1-11(21)19-8-7-12-9-14(4-5-16(12)19)27(24,25)18-15-10-13(20(22)23)3-6-17(15)26-2/h3-6,9-10,18H,7-8H2,1-2H3. The average molecular weight is 391 g/mol. The Bertz CT molecular complexity index is 1030. The van der Waals surface area contributed by atoms with Crippen LogP contribution in [-0.2, 0) is 21.2 Å². The van der Waals surface area contributed by atoms with Crippen molar-refractivity contribution in [3.05, 3.63) is 52.1 Å². The maximum Gasteiger partial charge on any atom is 0.271 e. The zero-order valence-electron chi connectivity index (χ0n) is 14.6. The molecule has 2 aromatic rings. The number of anilines is 2. The fourth-order valence-corrected chi connectivity index (χ4v) is 4.08. The molecule has 9 nitrogen and oxygen atoms in total. The molecule has 1 heterocycles. The highest BCUT2D eigenvalue weighted by atomic mass is 32.2. The van der Waals surface area contributed by atoms with Crippen LogP contribution in [0, 0.1) is 10.1 Å². The Morgan fingerprint density at radius 1 is 1.26 bits per heavy atom. The number of amides is 1. The predicted molar refractivity (Wildman–Crippen MR) is 98.6 cm³/mol. The molecule has 142 valence electrons. The molecule has 1 aliphatic rings. The fraction of sp³-hybridized carbons (Fsp3) is 0.235. The van der Waals surface area contributed by atoms with E-state index in [0.29, 0.717) is 18.7 Å². The van der Waals surface area contributed by atoms with Gasteiger partial charge in [0.15, 0.2) is 0 Å². The van der Waals surface area contributed by atoms with Crippen LogP contribution in [0.1, 0.15) is 12.5 Å². The van der Waals surface area contributed by atoms with Gasteiger partial charge >= 0.3 is 0 Å². The fourth-order valence-electron chi connectivity index (χ4n) is 2.97. The molecule has 2 aromatic carbocycles. The number of hydrogen-bond acceptors (Lipinski definition) is 6. The van der Waals surface area contributed by atoms with Gasteiger partial charge in [-0.3, -0.25) is 19.6 Å². The Morgan fingerprint density at radius 3 is 2.63 bits per heavy atom. The minimum absolute atomic E-state index is 0.000196. The van der Waals surface area contributed by atoms with Crippen LogP contribution >= 0.6 is 0 Å². The van der Waals surface area contributed by atoms with Crippen molar-refractivity contribution in [3.63, 3.8) is 0 Å². The Hall–Kier alpha value is -3.14. The van der Waals surface area contributed by atoms with E-state index in [1.165, 1.54) is 38.3 Å². The third-order valence-corrected chi connectivity index (χ3v) is 5.64. The van der Waals surface area contributed by atoms with E-state index < -0.39 is 14.9 Å². The molecule has 10 heteroatoms. The van der Waals surface area contributed by atoms with Gasteiger partial charge in [0, 0.05) is 31.3 Å². The van der Waals surface area contributed by atoms with Gasteiger partial charge in [-0.2, -0.15) is 0 Å². The van der Waals surface area contributed by atoms with Crippen molar-refractivity contribution >= 4 is 33.0 Å². The number of nitro groups is 1. The Balaban J connectivity index is 1.96. The summed E-state index contributed by atoms with van der Waals surface area (Å²) in [4.78, 5) is 23.5. The van der Waals surface area contributed by atoms with Gasteiger partial charge in [-0.25, -0.2) is 8.42 Å². The number of sulfonamides is 1. The van der Waals surface area contributed by atoms with Gasteiger partial charge in [0.2, 0.25) is 5.91 Å². The minimum atomic E-state index is -4.00. The molecule has 1 N–H and O–H groups in total. The maximum absolute atomic E-state index is 12.7. The lowest BCUT2D eigenvalue weighted by atomic mass is 10.2. The Labute approximate surface area is 155 Å². The smallest absolute Gasteiger partial charge is 0.271 e. The molecule has 1 aliphatic heterocycles. The number of benzene rings is 2. The van der Waals surface area contributed by atoms with E-state index in [4.69, 9.17) is 4.74 Å². The summed E-state index contributed by atoms with van der Waals surface area (Å²) in [7, 11) is -2.67. The van der Waals surface area contributed by atoms with E-state index in [2.05, 4.69) is 4.72 Å². The number of rotatable bonds is 5. The summed E-state index contributed by atoms with van der Waals surface area (Å²) in [6.45, 7) is 1.95. The van der Waals surface area contributed by atoms with Crippen molar-refractivity contribution in [2.24, 2.45) is 0 Å². The van der Waals surface area contributed by atoms with Crippen LogP contribution in [0.25, 0.3) is 0 Å². The lowest BCUT2D eigenvalue weighted by molar-refractivity contribution is -0.384. The Morgan fingerprint density at radius 2 is 2.00 bits per heavy atom. The van der Waals surface area contributed by atoms with Gasteiger partial charge in [0.1, 0.15) is 5.75 Å². The largest absolute Gasteiger partial charge is 0.495 e. The predicted octanol–water partition coefficient (Wildman–Crippen LogP) is 2.31. The topological polar surface area (TPSA) is 119 Å². The molecular formula is C17H17N3O6S.